The zero-order valence-electron chi connectivity index (χ0n) is 46.0. The molecule has 0 fully saturated rings. The predicted molar refractivity (Wildman–Crippen MR) is 360 cm³/mol. The van der Waals surface area contributed by atoms with Gasteiger partial charge in [-0.2, -0.15) is 0 Å². The van der Waals surface area contributed by atoms with Crippen molar-refractivity contribution in [3.05, 3.63) is 303 Å². The Bertz CT molecular complexity index is 4980. The first-order chi connectivity index (χ1) is 42.1. The second-order valence-electron chi connectivity index (χ2n) is 21.9. The number of thiophene rings is 1. The molecule has 85 heavy (non-hydrogen) atoms. The molecule has 0 aliphatic carbocycles. The minimum atomic E-state index is 0.831. The molecule has 14 aromatic carbocycles. The van der Waals surface area contributed by atoms with Crippen molar-refractivity contribution >= 4 is 131 Å². The van der Waals surface area contributed by atoms with E-state index in [0.29, 0.717) is 0 Å². The maximum Gasteiger partial charge on any atom is 0.159 e. The van der Waals surface area contributed by atoms with Crippen LogP contribution in [0, 0.1) is 0 Å². The normalized spacial score (nSPS) is 11.8. The van der Waals surface area contributed by atoms with Gasteiger partial charge in [0.15, 0.2) is 11.2 Å². The number of nitrogens with zero attached hydrogens (tertiary/aromatic N) is 2. The summed E-state index contributed by atoms with van der Waals surface area (Å²) in [6.07, 6.45) is 0. The van der Waals surface area contributed by atoms with E-state index >= 15 is 0 Å². The van der Waals surface area contributed by atoms with Crippen molar-refractivity contribution in [2.24, 2.45) is 0 Å². The van der Waals surface area contributed by atoms with Crippen LogP contribution in [-0.4, -0.2) is 0 Å². The highest BCUT2D eigenvalue weighted by Crippen LogP contribution is 2.54. The number of rotatable bonds is 10. The largest absolute Gasteiger partial charge is 0.454 e. The molecule has 0 aliphatic heterocycles. The number of hydrogen-bond acceptors (Lipinski definition) is 5. The second kappa shape index (κ2) is 19.9. The molecule has 17 rings (SSSR count). The SMILES string of the molecule is c1ccc(-c2cc(-c3ccccc3)cc(N(c3cc4sc5cc(N(c6cc(-c7ccccc7)cc(-c7ccccc7)c6)c6cccc7c6oc6ccccc67)c6ccccc6c5c4c4ccccc34)c3cccc4c3oc3ccccc34)c2)cc1. The van der Waals surface area contributed by atoms with Gasteiger partial charge in [-0.1, -0.05) is 231 Å². The first kappa shape index (κ1) is 48.7. The molecule has 5 heteroatoms. The van der Waals surface area contributed by atoms with Gasteiger partial charge in [0, 0.05) is 63.9 Å². The minimum absolute atomic E-state index is 0.831. The molecule has 0 saturated carbocycles. The standard InChI is InChI=1S/C80H50N2O2S/c1-5-23-51(24-6-1)55-43-56(52-25-7-2-8-26-52)46-59(45-55)81(69-39-21-37-67-63-33-17-19-41-73(63)83-79(67)69)71-49-75-77(65-35-15-13-31-61(65)71)78-66-36-16-14-32-62(66)72(50-76(78)85-75)82(70-40-22-38-68-64-34-18-20-42-74(64)84-80(68)70)60-47-57(53-27-9-3-10-28-53)44-58(48-60)54-29-11-4-12-30-54/h1-50H. The predicted octanol–water partition coefficient (Wildman–Crippen LogP) is 23.8. The third kappa shape index (κ3) is 8.12. The first-order valence-electron chi connectivity index (χ1n) is 28.9. The van der Waals surface area contributed by atoms with Crippen LogP contribution in [0.5, 0.6) is 0 Å². The number of anilines is 6. The lowest BCUT2D eigenvalue weighted by atomic mass is 9.95. The summed E-state index contributed by atoms with van der Waals surface area (Å²) in [4.78, 5) is 4.91. The number of furan rings is 2. The zero-order valence-corrected chi connectivity index (χ0v) is 46.8. The summed E-state index contributed by atoms with van der Waals surface area (Å²) >= 11 is 1.85. The molecule has 3 aromatic heterocycles. The fourth-order valence-electron chi connectivity index (χ4n) is 13.1. The maximum absolute atomic E-state index is 7.00. The van der Waals surface area contributed by atoms with E-state index in [9.17, 15) is 0 Å². The number of para-hydroxylation sites is 4. The summed E-state index contributed by atoms with van der Waals surface area (Å²) < 4.78 is 16.4. The van der Waals surface area contributed by atoms with Crippen molar-refractivity contribution in [3.63, 3.8) is 0 Å². The van der Waals surface area contributed by atoms with Crippen molar-refractivity contribution in [1.82, 2.24) is 0 Å². The number of benzene rings is 14. The first-order valence-corrected chi connectivity index (χ1v) is 29.7. The molecule has 4 nitrogen and oxygen atoms in total. The Morgan fingerprint density at radius 1 is 0.224 bits per heavy atom. The highest BCUT2D eigenvalue weighted by atomic mass is 32.1. The summed E-state index contributed by atoms with van der Waals surface area (Å²) in [7, 11) is 0. The van der Waals surface area contributed by atoms with E-state index in [-0.39, 0.29) is 0 Å². The van der Waals surface area contributed by atoms with Crippen LogP contribution in [-0.2, 0) is 0 Å². The topological polar surface area (TPSA) is 32.8 Å². The minimum Gasteiger partial charge on any atom is -0.454 e. The fourth-order valence-corrected chi connectivity index (χ4v) is 14.3. The fraction of sp³-hybridized carbons (Fsp3) is 0. The van der Waals surface area contributed by atoms with Gasteiger partial charge >= 0.3 is 0 Å². The van der Waals surface area contributed by atoms with Gasteiger partial charge in [-0.15, -0.1) is 11.3 Å². The average Bonchev–Trinajstić information content (AvgIpc) is 2.97. The molecule has 0 aliphatic rings. The van der Waals surface area contributed by atoms with Gasteiger partial charge < -0.3 is 18.6 Å². The van der Waals surface area contributed by atoms with Crippen LogP contribution in [0.25, 0.3) is 130 Å². The second-order valence-corrected chi connectivity index (χ2v) is 23.0. The Kier molecular flexibility index (Phi) is 11.4. The Hall–Kier alpha value is -11.0. The van der Waals surface area contributed by atoms with Crippen LogP contribution in [0.15, 0.2) is 312 Å². The summed E-state index contributed by atoms with van der Waals surface area (Å²) in [5.74, 6) is 0. The molecule has 3 heterocycles. The smallest absolute Gasteiger partial charge is 0.159 e. The number of hydrogen-bond donors (Lipinski definition) is 0. The lowest BCUT2D eigenvalue weighted by Gasteiger charge is -2.29. The molecular weight excluding hydrogens is 1050 g/mol. The summed E-state index contributed by atoms with van der Waals surface area (Å²) in [6.45, 7) is 0. The van der Waals surface area contributed by atoms with Gasteiger partial charge in [0.05, 0.1) is 22.7 Å². The van der Waals surface area contributed by atoms with Crippen LogP contribution in [0.3, 0.4) is 0 Å². The molecule has 0 unspecified atom stereocenters. The lowest BCUT2D eigenvalue weighted by molar-refractivity contribution is 0.669. The molecule has 0 saturated heterocycles. The van der Waals surface area contributed by atoms with Gasteiger partial charge in [0.2, 0.25) is 0 Å². The Balaban J connectivity index is 0.959. The van der Waals surface area contributed by atoms with Crippen molar-refractivity contribution in [2.45, 2.75) is 0 Å². The highest BCUT2D eigenvalue weighted by molar-refractivity contribution is 7.26. The molecular formula is C80H50N2O2S. The monoisotopic (exact) mass is 1100 g/mol. The van der Waals surface area contributed by atoms with E-state index in [4.69, 9.17) is 8.83 Å². The van der Waals surface area contributed by atoms with Crippen molar-refractivity contribution in [1.29, 1.82) is 0 Å². The Morgan fingerprint density at radius 3 is 0.894 bits per heavy atom. The van der Waals surface area contributed by atoms with Gasteiger partial charge in [0.1, 0.15) is 11.2 Å². The van der Waals surface area contributed by atoms with E-state index in [1.807, 2.05) is 11.3 Å². The van der Waals surface area contributed by atoms with Crippen molar-refractivity contribution < 1.29 is 8.83 Å². The van der Waals surface area contributed by atoms with Crippen LogP contribution in [0.2, 0.25) is 0 Å². The van der Waals surface area contributed by atoms with Crippen LogP contribution < -0.4 is 9.80 Å². The quantitative estimate of drug-likeness (QED) is 0.137. The molecule has 398 valence electrons. The molecule has 0 N–H and O–H groups in total. The molecule has 0 bridgehead atoms. The van der Waals surface area contributed by atoms with Crippen molar-refractivity contribution in [3.8, 4) is 44.5 Å². The van der Waals surface area contributed by atoms with Gasteiger partial charge in [-0.25, -0.2) is 0 Å². The van der Waals surface area contributed by atoms with Crippen molar-refractivity contribution in [2.75, 3.05) is 9.80 Å². The molecule has 0 radical (unpaired) electrons. The maximum atomic E-state index is 7.00. The summed E-state index contributed by atoms with van der Waals surface area (Å²) in [6, 6.07) is 110. The summed E-state index contributed by atoms with van der Waals surface area (Å²) in [5, 5.41) is 11.4. The third-order valence-corrected chi connectivity index (χ3v) is 18.0. The van der Waals surface area contributed by atoms with E-state index < -0.39 is 0 Å². The van der Waals surface area contributed by atoms with E-state index in [1.165, 1.54) is 30.9 Å². The Morgan fingerprint density at radius 2 is 0.529 bits per heavy atom. The van der Waals surface area contributed by atoms with E-state index in [1.54, 1.807) is 0 Å². The lowest BCUT2D eigenvalue weighted by Crippen LogP contribution is -2.11. The Labute approximate surface area is 494 Å². The van der Waals surface area contributed by atoms with E-state index in [0.717, 1.165) is 133 Å². The number of fused-ring (bicyclic) bond motifs is 13. The third-order valence-electron chi connectivity index (χ3n) is 17.0. The average molecular weight is 1100 g/mol. The summed E-state index contributed by atoms with van der Waals surface area (Å²) in [5.41, 5.74) is 18.5. The van der Waals surface area contributed by atoms with Crippen LogP contribution in [0.1, 0.15) is 0 Å². The highest BCUT2D eigenvalue weighted by Gasteiger charge is 2.28. The molecule has 0 amide bonds. The molecule has 0 atom stereocenters. The van der Waals surface area contributed by atoms with Gasteiger partial charge in [-0.3, -0.25) is 0 Å². The molecule has 0 spiro atoms. The zero-order chi connectivity index (χ0) is 56.0. The van der Waals surface area contributed by atoms with Gasteiger partial charge in [-0.05, 0) is 128 Å². The van der Waals surface area contributed by atoms with E-state index in [2.05, 4.69) is 313 Å². The molecule has 17 aromatic rings. The van der Waals surface area contributed by atoms with Gasteiger partial charge in [0.25, 0.3) is 0 Å². The van der Waals surface area contributed by atoms with Crippen LogP contribution >= 0.6 is 11.3 Å². The van der Waals surface area contributed by atoms with Crippen LogP contribution in [0.4, 0.5) is 34.1 Å².